The minimum absolute atomic E-state index is 0.614. The average Bonchev–Trinajstić information content (AvgIpc) is 2.37. The molecule has 0 aliphatic carbocycles. The Kier molecular flexibility index (Phi) is 4.24. The molecule has 2 N–H and O–H groups in total. The highest BCUT2D eigenvalue weighted by molar-refractivity contribution is 7.98. The maximum atomic E-state index is 5.64. The smallest absolute Gasteiger partial charge is 0.0232 e. The fraction of sp³-hybridized carbons (Fsp3) is 0.200. The maximum Gasteiger partial charge on any atom is 0.0232 e. The molecule has 0 unspecified atom stereocenters. The van der Waals surface area contributed by atoms with Crippen molar-refractivity contribution in [2.24, 2.45) is 5.73 Å². The van der Waals surface area contributed by atoms with Crippen LogP contribution >= 0.6 is 11.8 Å². The van der Waals surface area contributed by atoms with Crippen LogP contribution in [0.2, 0.25) is 0 Å². The molecular formula is C15H17NS. The van der Waals surface area contributed by atoms with Crippen molar-refractivity contribution in [1.29, 1.82) is 0 Å². The first-order valence-electron chi connectivity index (χ1n) is 5.75. The molecular weight excluding hydrogens is 226 g/mol. The zero-order valence-electron chi connectivity index (χ0n) is 10.0. The molecule has 0 aliphatic heterocycles. The lowest BCUT2D eigenvalue weighted by atomic mass is 10.1. The molecule has 0 aliphatic rings. The van der Waals surface area contributed by atoms with Crippen LogP contribution in [0.1, 0.15) is 16.7 Å². The van der Waals surface area contributed by atoms with Crippen LogP contribution in [0.15, 0.2) is 53.4 Å². The predicted octanol–water partition coefficient (Wildman–Crippen LogP) is 3.75. The molecule has 2 heteroatoms. The Bertz CT molecular complexity index is 494. The third-order valence-electron chi connectivity index (χ3n) is 2.62. The van der Waals surface area contributed by atoms with Gasteiger partial charge in [-0.3, -0.25) is 0 Å². The molecule has 2 rings (SSSR count). The quantitative estimate of drug-likeness (QED) is 0.828. The molecule has 0 saturated heterocycles. The lowest BCUT2D eigenvalue weighted by molar-refractivity contribution is 1.06. The van der Waals surface area contributed by atoms with Gasteiger partial charge in [-0.15, -0.1) is 11.8 Å². The summed E-state index contributed by atoms with van der Waals surface area (Å²) in [5.74, 6) is 0.997. The van der Waals surface area contributed by atoms with E-state index in [0.29, 0.717) is 6.54 Å². The molecule has 0 saturated carbocycles. The van der Waals surface area contributed by atoms with Crippen LogP contribution in [-0.2, 0) is 12.3 Å². The number of rotatable bonds is 4. The number of benzene rings is 2. The van der Waals surface area contributed by atoms with E-state index in [4.69, 9.17) is 5.73 Å². The summed E-state index contributed by atoms with van der Waals surface area (Å²) in [6.45, 7) is 2.74. The Hall–Kier alpha value is -1.25. The third-order valence-corrected chi connectivity index (χ3v) is 3.69. The molecule has 2 aromatic rings. The Morgan fingerprint density at radius 2 is 1.76 bits per heavy atom. The van der Waals surface area contributed by atoms with Crippen molar-refractivity contribution in [2.45, 2.75) is 24.1 Å². The first-order valence-corrected chi connectivity index (χ1v) is 6.74. The summed E-state index contributed by atoms with van der Waals surface area (Å²) < 4.78 is 0. The lowest BCUT2D eigenvalue weighted by Crippen LogP contribution is -1.96. The molecule has 2 aromatic carbocycles. The summed E-state index contributed by atoms with van der Waals surface area (Å²) in [5.41, 5.74) is 9.48. The highest BCUT2D eigenvalue weighted by atomic mass is 32.2. The molecule has 0 bridgehead atoms. The normalized spacial score (nSPS) is 10.5. The molecule has 1 nitrogen and oxygen atoms in total. The summed E-state index contributed by atoms with van der Waals surface area (Å²) in [4.78, 5) is 1.32. The second-order valence-corrected chi connectivity index (χ2v) is 5.18. The summed E-state index contributed by atoms with van der Waals surface area (Å²) in [5, 5.41) is 0. The van der Waals surface area contributed by atoms with E-state index >= 15 is 0 Å². The third kappa shape index (κ3) is 3.62. The van der Waals surface area contributed by atoms with Crippen LogP contribution in [0, 0.1) is 6.92 Å². The topological polar surface area (TPSA) is 26.0 Å². The van der Waals surface area contributed by atoms with Gasteiger partial charge in [0.25, 0.3) is 0 Å². The first kappa shape index (κ1) is 12.2. The lowest BCUT2D eigenvalue weighted by Gasteiger charge is -2.04. The predicted molar refractivity (Wildman–Crippen MR) is 75.1 cm³/mol. The van der Waals surface area contributed by atoms with Gasteiger partial charge >= 0.3 is 0 Å². The van der Waals surface area contributed by atoms with Gasteiger partial charge in [-0.05, 0) is 30.2 Å². The first-order chi connectivity index (χ1) is 8.28. The zero-order valence-corrected chi connectivity index (χ0v) is 10.8. The van der Waals surface area contributed by atoms with E-state index in [2.05, 4.69) is 55.5 Å². The van der Waals surface area contributed by atoms with Crippen LogP contribution in [-0.4, -0.2) is 0 Å². The van der Waals surface area contributed by atoms with E-state index in [1.54, 1.807) is 0 Å². The molecule has 0 fully saturated rings. The fourth-order valence-electron chi connectivity index (χ4n) is 1.72. The Balaban J connectivity index is 2.02. The van der Waals surface area contributed by atoms with Crippen molar-refractivity contribution in [3.8, 4) is 0 Å². The van der Waals surface area contributed by atoms with Gasteiger partial charge in [0.05, 0.1) is 0 Å². The van der Waals surface area contributed by atoms with Crippen molar-refractivity contribution in [3.05, 3.63) is 65.2 Å². The molecule has 88 valence electrons. The van der Waals surface area contributed by atoms with Gasteiger partial charge in [-0.2, -0.15) is 0 Å². The average molecular weight is 243 g/mol. The molecule has 17 heavy (non-hydrogen) atoms. The molecule has 0 radical (unpaired) electrons. The molecule has 0 atom stereocenters. The Morgan fingerprint density at radius 3 is 2.53 bits per heavy atom. The van der Waals surface area contributed by atoms with E-state index < -0.39 is 0 Å². The number of aryl methyl sites for hydroxylation is 1. The number of hydrogen-bond donors (Lipinski definition) is 1. The SMILES string of the molecule is Cc1cccc(SCc2cccc(CN)c2)c1. The molecule has 0 amide bonds. The van der Waals surface area contributed by atoms with Crippen LogP contribution in [0.3, 0.4) is 0 Å². The van der Waals surface area contributed by atoms with E-state index in [1.807, 2.05) is 11.8 Å². The minimum atomic E-state index is 0.614. The van der Waals surface area contributed by atoms with Crippen molar-refractivity contribution in [3.63, 3.8) is 0 Å². The van der Waals surface area contributed by atoms with Gasteiger partial charge in [0.15, 0.2) is 0 Å². The molecule has 0 heterocycles. The minimum Gasteiger partial charge on any atom is -0.326 e. The second-order valence-electron chi connectivity index (χ2n) is 4.13. The van der Waals surface area contributed by atoms with Gasteiger partial charge in [0.2, 0.25) is 0 Å². The van der Waals surface area contributed by atoms with Gasteiger partial charge < -0.3 is 5.73 Å². The van der Waals surface area contributed by atoms with Crippen molar-refractivity contribution in [1.82, 2.24) is 0 Å². The van der Waals surface area contributed by atoms with Crippen molar-refractivity contribution < 1.29 is 0 Å². The van der Waals surface area contributed by atoms with E-state index in [1.165, 1.54) is 21.6 Å². The highest BCUT2D eigenvalue weighted by Gasteiger charge is 1.98. The summed E-state index contributed by atoms with van der Waals surface area (Å²) in [6, 6.07) is 17.1. The van der Waals surface area contributed by atoms with Gasteiger partial charge in [0, 0.05) is 17.2 Å². The fourth-order valence-corrected chi connectivity index (χ4v) is 2.68. The van der Waals surface area contributed by atoms with Crippen LogP contribution in [0.25, 0.3) is 0 Å². The highest BCUT2D eigenvalue weighted by Crippen LogP contribution is 2.23. The number of hydrogen-bond acceptors (Lipinski definition) is 2. The molecule has 0 aromatic heterocycles. The van der Waals surface area contributed by atoms with Gasteiger partial charge in [-0.25, -0.2) is 0 Å². The van der Waals surface area contributed by atoms with E-state index in [0.717, 1.165) is 5.75 Å². The summed E-state index contributed by atoms with van der Waals surface area (Å²) in [6.07, 6.45) is 0. The largest absolute Gasteiger partial charge is 0.326 e. The summed E-state index contributed by atoms with van der Waals surface area (Å²) in [7, 11) is 0. The van der Waals surface area contributed by atoms with Crippen LogP contribution < -0.4 is 5.73 Å². The number of nitrogens with two attached hydrogens (primary N) is 1. The van der Waals surface area contributed by atoms with Crippen molar-refractivity contribution in [2.75, 3.05) is 0 Å². The standard InChI is InChI=1S/C15H17NS/c1-12-4-2-7-15(8-12)17-11-14-6-3-5-13(9-14)10-16/h2-9H,10-11,16H2,1H3. The summed E-state index contributed by atoms with van der Waals surface area (Å²) >= 11 is 1.87. The van der Waals surface area contributed by atoms with Gasteiger partial charge in [-0.1, -0.05) is 42.0 Å². The van der Waals surface area contributed by atoms with Crippen LogP contribution in [0.4, 0.5) is 0 Å². The Morgan fingerprint density at radius 1 is 1.00 bits per heavy atom. The van der Waals surface area contributed by atoms with Crippen LogP contribution in [0.5, 0.6) is 0 Å². The molecule has 0 spiro atoms. The zero-order chi connectivity index (χ0) is 12.1. The second kappa shape index (κ2) is 5.89. The maximum absolute atomic E-state index is 5.64. The van der Waals surface area contributed by atoms with Crippen molar-refractivity contribution >= 4 is 11.8 Å². The van der Waals surface area contributed by atoms with Gasteiger partial charge in [0.1, 0.15) is 0 Å². The number of thioether (sulfide) groups is 1. The monoisotopic (exact) mass is 243 g/mol. The van der Waals surface area contributed by atoms with E-state index in [-0.39, 0.29) is 0 Å². The van der Waals surface area contributed by atoms with E-state index in [9.17, 15) is 0 Å². The Labute approximate surface area is 107 Å².